The Hall–Kier alpha value is -2.75. The zero-order valence-electron chi connectivity index (χ0n) is 12.9. The summed E-state index contributed by atoms with van der Waals surface area (Å²) in [6.45, 7) is 0.595. The maximum atomic E-state index is 10.0. The van der Waals surface area contributed by atoms with Crippen molar-refractivity contribution < 1.29 is 9.84 Å². The summed E-state index contributed by atoms with van der Waals surface area (Å²) in [7, 11) is 1.97. The number of aryl methyl sites for hydroxylation is 1. The van der Waals surface area contributed by atoms with Crippen molar-refractivity contribution in [2.24, 2.45) is 12.0 Å². The van der Waals surface area contributed by atoms with Crippen molar-refractivity contribution in [3.63, 3.8) is 0 Å². The second-order valence-electron chi connectivity index (χ2n) is 5.89. The second kappa shape index (κ2) is 5.47. The maximum Gasteiger partial charge on any atom is 0.233 e. The number of phenols is 1. The van der Waals surface area contributed by atoms with E-state index in [9.17, 15) is 5.11 Å². The van der Waals surface area contributed by atoms with Crippen LogP contribution in [0.3, 0.4) is 0 Å². The van der Waals surface area contributed by atoms with Gasteiger partial charge in [0.05, 0.1) is 11.6 Å². The number of phenolic OH excluding ortho intramolecular Hbond substituents is 1. The fraction of sp³-hybridized carbons (Fsp3) is 0.211. The fourth-order valence-corrected chi connectivity index (χ4v) is 3.10. The highest BCUT2D eigenvalue weighted by Crippen LogP contribution is 2.28. The standard InChI is InChI=1S/C19H18N2O2/c1-21-16-8-5-9-18(22)15(16)11-17(21)19-20-14(12-23-19)10-13-6-3-2-4-7-13/h2-9,11,14,22H,10,12H2,1H3/t14-/m0/s1. The van der Waals surface area contributed by atoms with Crippen molar-refractivity contribution in [1.82, 2.24) is 4.57 Å². The monoisotopic (exact) mass is 306 g/mol. The van der Waals surface area contributed by atoms with E-state index in [2.05, 4.69) is 12.1 Å². The molecule has 23 heavy (non-hydrogen) atoms. The first-order chi connectivity index (χ1) is 11.2. The molecule has 4 rings (SSSR count). The first-order valence-corrected chi connectivity index (χ1v) is 7.74. The molecule has 0 radical (unpaired) electrons. The average Bonchev–Trinajstić information content (AvgIpc) is 3.14. The quantitative estimate of drug-likeness (QED) is 0.807. The number of nitrogens with zero attached hydrogens (tertiary/aromatic N) is 2. The van der Waals surface area contributed by atoms with E-state index < -0.39 is 0 Å². The third-order valence-corrected chi connectivity index (χ3v) is 4.31. The average molecular weight is 306 g/mol. The van der Waals surface area contributed by atoms with Gasteiger partial charge < -0.3 is 14.4 Å². The van der Waals surface area contributed by atoms with Crippen LogP contribution >= 0.6 is 0 Å². The summed E-state index contributed by atoms with van der Waals surface area (Å²) >= 11 is 0. The SMILES string of the molecule is Cn1c(C2=N[C@@H](Cc3ccccc3)CO2)cc2c(O)cccc21. The van der Waals surface area contributed by atoms with E-state index in [1.54, 1.807) is 6.07 Å². The first-order valence-electron chi connectivity index (χ1n) is 7.74. The molecule has 4 heteroatoms. The summed E-state index contributed by atoms with van der Waals surface area (Å²) in [6, 6.07) is 17.9. The van der Waals surface area contributed by atoms with Crippen molar-refractivity contribution in [2.45, 2.75) is 12.5 Å². The lowest BCUT2D eigenvalue weighted by Gasteiger charge is -2.04. The molecule has 4 nitrogen and oxygen atoms in total. The Kier molecular flexibility index (Phi) is 3.30. The number of aromatic hydroxyl groups is 1. The molecule has 1 aliphatic heterocycles. The molecule has 0 amide bonds. The lowest BCUT2D eigenvalue weighted by atomic mass is 10.1. The highest BCUT2D eigenvalue weighted by Gasteiger charge is 2.23. The van der Waals surface area contributed by atoms with Crippen LogP contribution in [0.25, 0.3) is 10.9 Å². The van der Waals surface area contributed by atoms with Crippen LogP contribution in [0.15, 0.2) is 59.6 Å². The molecule has 0 unspecified atom stereocenters. The number of benzene rings is 2. The summed E-state index contributed by atoms with van der Waals surface area (Å²) in [5.74, 6) is 0.938. The van der Waals surface area contributed by atoms with Crippen LogP contribution < -0.4 is 0 Å². The highest BCUT2D eigenvalue weighted by atomic mass is 16.5. The molecule has 116 valence electrons. The summed E-state index contributed by atoms with van der Waals surface area (Å²) < 4.78 is 7.83. The predicted molar refractivity (Wildman–Crippen MR) is 91.0 cm³/mol. The van der Waals surface area contributed by atoms with Crippen LogP contribution in [0, 0.1) is 0 Å². The lowest BCUT2D eigenvalue weighted by Crippen LogP contribution is -2.10. The van der Waals surface area contributed by atoms with Gasteiger partial charge in [-0.3, -0.25) is 0 Å². The molecule has 1 aromatic heterocycles. The minimum atomic E-state index is 0.138. The molecule has 0 spiro atoms. The Balaban J connectivity index is 1.65. The Morgan fingerprint density at radius 1 is 1.17 bits per heavy atom. The molecule has 1 atom stereocenters. The number of hydrogen-bond donors (Lipinski definition) is 1. The van der Waals surface area contributed by atoms with Crippen LogP contribution in [0.2, 0.25) is 0 Å². The minimum Gasteiger partial charge on any atom is -0.507 e. The van der Waals surface area contributed by atoms with Crippen LogP contribution in [0.4, 0.5) is 0 Å². The molecule has 0 saturated heterocycles. The third kappa shape index (κ3) is 2.46. The van der Waals surface area contributed by atoms with Gasteiger partial charge in [-0.2, -0.15) is 0 Å². The van der Waals surface area contributed by atoms with Gasteiger partial charge in [0.2, 0.25) is 5.90 Å². The van der Waals surface area contributed by atoms with Gasteiger partial charge >= 0.3 is 0 Å². The molecule has 3 aromatic rings. The third-order valence-electron chi connectivity index (χ3n) is 4.31. The van der Waals surface area contributed by atoms with Crippen LogP contribution in [0.1, 0.15) is 11.3 Å². The molecule has 0 bridgehead atoms. The summed E-state index contributed by atoms with van der Waals surface area (Å²) in [5.41, 5.74) is 3.13. The summed E-state index contributed by atoms with van der Waals surface area (Å²) in [6.07, 6.45) is 0.875. The van der Waals surface area contributed by atoms with Crippen molar-refractivity contribution in [2.75, 3.05) is 6.61 Å². The molecular weight excluding hydrogens is 288 g/mol. The molecule has 1 N–H and O–H groups in total. The van der Waals surface area contributed by atoms with E-state index in [1.165, 1.54) is 5.56 Å². The number of rotatable bonds is 3. The van der Waals surface area contributed by atoms with Crippen molar-refractivity contribution in [1.29, 1.82) is 0 Å². The van der Waals surface area contributed by atoms with Gasteiger partial charge in [-0.05, 0) is 30.2 Å². The zero-order valence-corrected chi connectivity index (χ0v) is 12.9. The molecule has 2 aromatic carbocycles. The summed E-state index contributed by atoms with van der Waals surface area (Å²) in [5, 5.41) is 10.8. The van der Waals surface area contributed by atoms with E-state index in [4.69, 9.17) is 9.73 Å². The van der Waals surface area contributed by atoms with Gasteiger partial charge in [0.25, 0.3) is 0 Å². The normalized spacial score (nSPS) is 17.3. The summed E-state index contributed by atoms with van der Waals surface area (Å²) in [4.78, 5) is 4.73. The van der Waals surface area contributed by atoms with Gasteiger partial charge in [0.1, 0.15) is 18.1 Å². The number of ether oxygens (including phenoxy) is 1. The fourth-order valence-electron chi connectivity index (χ4n) is 3.10. The Morgan fingerprint density at radius 2 is 2.00 bits per heavy atom. The molecule has 0 saturated carbocycles. The smallest absolute Gasteiger partial charge is 0.233 e. The first kappa shape index (κ1) is 13.9. The van der Waals surface area contributed by atoms with E-state index >= 15 is 0 Å². The largest absolute Gasteiger partial charge is 0.507 e. The molecular formula is C19H18N2O2. The van der Waals surface area contributed by atoms with Gasteiger partial charge in [0.15, 0.2) is 0 Å². The van der Waals surface area contributed by atoms with Crippen molar-refractivity contribution in [3.05, 3.63) is 65.9 Å². The van der Waals surface area contributed by atoms with Gasteiger partial charge in [-0.25, -0.2) is 4.99 Å². The lowest BCUT2D eigenvalue weighted by molar-refractivity contribution is 0.315. The van der Waals surface area contributed by atoms with Crippen LogP contribution in [0.5, 0.6) is 5.75 Å². The van der Waals surface area contributed by atoms with Crippen LogP contribution in [-0.2, 0) is 18.2 Å². The van der Waals surface area contributed by atoms with Crippen molar-refractivity contribution in [3.8, 4) is 5.75 Å². The maximum absolute atomic E-state index is 10.0. The molecule has 0 aliphatic carbocycles. The Bertz CT molecular complexity index is 881. The van der Waals surface area contributed by atoms with Crippen LogP contribution in [-0.4, -0.2) is 28.2 Å². The topological polar surface area (TPSA) is 46.8 Å². The highest BCUT2D eigenvalue weighted by molar-refractivity contribution is 6.00. The Morgan fingerprint density at radius 3 is 2.78 bits per heavy atom. The van der Waals surface area contributed by atoms with Gasteiger partial charge in [0, 0.05) is 12.4 Å². The molecule has 1 aliphatic rings. The van der Waals surface area contributed by atoms with Crippen molar-refractivity contribution >= 4 is 16.8 Å². The number of fused-ring (bicyclic) bond motifs is 1. The number of hydrogen-bond acceptors (Lipinski definition) is 3. The number of aromatic nitrogens is 1. The predicted octanol–water partition coefficient (Wildman–Crippen LogP) is 3.27. The zero-order chi connectivity index (χ0) is 15.8. The number of aliphatic imine (C=N–C) groups is 1. The second-order valence-corrected chi connectivity index (χ2v) is 5.89. The van der Waals surface area contributed by atoms with Gasteiger partial charge in [-0.1, -0.05) is 36.4 Å². The Labute approximate surface area is 134 Å². The van der Waals surface area contributed by atoms with E-state index in [0.717, 1.165) is 23.0 Å². The van der Waals surface area contributed by atoms with E-state index in [1.807, 2.05) is 48.0 Å². The van der Waals surface area contributed by atoms with E-state index in [-0.39, 0.29) is 11.8 Å². The van der Waals surface area contributed by atoms with Gasteiger partial charge in [-0.15, -0.1) is 0 Å². The molecule has 2 heterocycles. The molecule has 0 fully saturated rings. The van der Waals surface area contributed by atoms with E-state index in [0.29, 0.717) is 12.5 Å². The minimum absolute atomic E-state index is 0.138.